The Morgan fingerprint density at radius 3 is 2.83 bits per heavy atom. The van der Waals surface area contributed by atoms with Crippen molar-refractivity contribution >= 4 is 15.9 Å². The smallest absolute Gasteiger partial charge is 0.123 e. The summed E-state index contributed by atoms with van der Waals surface area (Å²) in [6, 6.07) is 5.38. The van der Waals surface area contributed by atoms with Gasteiger partial charge in [-0.15, -0.1) is 0 Å². The van der Waals surface area contributed by atoms with Crippen LogP contribution >= 0.6 is 15.9 Å². The number of likely N-dealkylation sites (N-methyl/N-ethyl adjacent to an activating group) is 1. The number of hydrogen-bond donors (Lipinski definition) is 1. The molecule has 1 N–H and O–H groups in total. The van der Waals surface area contributed by atoms with Crippen molar-refractivity contribution in [1.82, 2.24) is 10.2 Å². The summed E-state index contributed by atoms with van der Waals surface area (Å²) in [6.45, 7) is 7.01. The molecule has 0 saturated heterocycles. The molecule has 1 aromatic carbocycles. The van der Waals surface area contributed by atoms with E-state index < -0.39 is 0 Å². The second-order valence-corrected chi connectivity index (χ2v) is 5.50. The van der Waals surface area contributed by atoms with E-state index in [9.17, 15) is 4.39 Å². The molecule has 0 aliphatic carbocycles. The van der Waals surface area contributed by atoms with Crippen LogP contribution in [0.15, 0.2) is 22.7 Å². The van der Waals surface area contributed by atoms with E-state index in [1.807, 2.05) is 0 Å². The van der Waals surface area contributed by atoms with Gasteiger partial charge in [0.15, 0.2) is 0 Å². The molecule has 1 aromatic rings. The average molecular weight is 317 g/mol. The largest absolute Gasteiger partial charge is 0.311 e. The Hall–Kier alpha value is -0.450. The Labute approximate surface area is 118 Å². The molecule has 0 aliphatic heterocycles. The number of rotatable bonds is 7. The summed E-state index contributed by atoms with van der Waals surface area (Å²) in [5, 5.41) is 3.34. The fraction of sp³-hybridized carbons (Fsp3) is 0.571. The van der Waals surface area contributed by atoms with Crippen LogP contribution in [0.3, 0.4) is 0 Å². The second kappa shape index (κ2) is 7.87. The molecule has 0 fully saturated rings. The van der Waals surface area contributed by atoms with Crippen molar-refractivity contribution in [2.24, 2.45) is 0 Å². The zero-order valence-corrected chi connectivity index (χ0v) is 12.9. The summed E-state index contributed by atoms with van der Waals surface area (Å²) in [5.41, 5.74) is 0.959. The molecule has 18 heavy (non-hydrogen) atoms. The van der Waals surface area contributed by atoms with E-state index in [0.717, 1.165) is 29.5 Å². The maximum atomic E-state index is 13.1. The Bertz CT molecular complexity index is 371. The summed E-state index contributed by atoms with van der Waals surface area (Å²) in [5.74, 6) is -0.188. The van der Waals surface area contributed by atoms with E-state index in [0.29, 0.717) is 12.6 Å². The van der Waals surface area contributed by atoms with Crippen molar-refractivity contribution in [3.8, 4) is 0 Å². The van der Waals surface area contributed by atoms with Gasteiger partial charge in [-0.1, -0.05) is 22.9 Å². The highest BCUT2D eigenvalue weighted by molar-refractivity contribution is 9.10. The molecule has 1 atom stereocenters. The minimum Gasteiger partial charge on any atom is -0.311 e. The van der Waals surface area contributed by atoms with Crippen LogP contribution in [0.2, 0.25) is 0 Å². The van der Waals surface area contributed by atoms with Crippen LogP contribution in [0.5, 0.6) is 0 Å². The molecule has 0 amide bonds. The Kier molecular flexibility index (Phi) is 6.82. The van der Waals surface area contributed by atoms with E-state index in [1.165, 1.54) is 6.07 Å². The molecule has 0 aliphatic rings. The first-order chi connectivity index (χ1) is 8.54. The van der Waals surface area contributed by atoms with Crippen LogP contribution < -0.4 is 5.32 Å². The summed E-state index contributed by atoms with van der Waals surface area (Å²) in [4.78, 5) is 2.33. The van der Waals surface area contributed by atoms with Crippen LogP contribution in [0.4, 0.5) is 4.39 Å². The van der Waals surface area contributed by atoms with Crippen molar-refractivity contribution in [2.75, 3.05) is 20.1 Å². The molecule has 0 saturated carbocycles. The van der Waals surface area contributed by atoms with Gasteiger partial charge in [-0.3, -0.25) is 0 Å². The van der Waals surface area contributed by atoms with Crippen LogP contribution in [-0.2, 0) is 6.54 Å². The van der Waals surface area contributed by atoms with Crippen molar-refractivity contribution in [1.29, 1.82) is 0 Å². The fourth-order valence-electron chi connectivity index (χ4n) is 1.69. The number of hydrogen-bond acceptors (Lipinski definition) is 2. The average Bonchev–Trinajstić information content (AvgIpc) is 2.37. The van der Waals surface area contributed by atoms with Crippen LogP contribution in [0, 0.1) is 5.82 Å². The maximum Gasteiger partial charge on any atom is 0.123 e. The molecule has 1 unspecified atom stereocenters. The van der Waals surface area contributed by atoms with E-state index in [4.69, 9.17) is 0 Å². The van der Waals surface area contributed by atoms with Gasteiger partial charge in [0.2, 0.25) is 0 Å². The zero-order chi connectivity index (χ0) is 13.5. The lowest BCUT2D eigenvalue weighted by molar-refractivity contribution is 0.251. The second-order valence-electron chi connectivity index (χ2n) is 4.65. The fourth-order valence-corrected chi connectivity index (χ4v) is 2.08. The molecule has 4 heteroatoms. The highest BCUT2D eigenvalue weighted by Crippen LogP contribution is 2.17. The summed E-state index contributed by atoms with van der Waals surface area (Å²) in [6.07, 6.45) is 1.16. The standard InChI is InChI=1S/C14H22BrFN2/c1-4-11(2)18(3)8-7-17-10-12-9-13(16)5-6-14(12)15/h5-6,9,11,17H,4,7-8,10H2,1-3H3. The lowest BCUT2D eigenvalue weighted by atomic mass is 10.2. The molecule has 0 heterocycles. The Morgan fingerprint density at radius 2 is 2.17 bits per heavy atom. The number of halogens is 2. The van der Waals surface area contributed by atoms with Gasteiger partial charge in [0.25, 0.3) is 0 Å². The van der Waals surface area contributed by atoms with Gasteiger partial charge in [0.1, 0.15) is 5.82 Å². The Balaban J connectivity index is 2.31. The first kappa shape index (κ1) is 15.6. The number of benzene rings is 1. The first-order valence-electron chi connectivity index (χ1n) is 6.39. The third-order valence-electron chi connectivity index (χ3n) is 3.31. The monoisotopic (exact) mass is 316 g/mol. The first-order valence-corrected chi connectivity index (χ1v) is 7.18. The van der Waals surface area contributed by atoms with Crippen molar-refractivity contribution in [2.45, 2.75) is 32.9 Å². The molecule has 0 spiro atoms. The van der Waals surface area contributed by atoms with Crippen molar-refractivity contribution in [3.63, 3.8) is 0 Å². The van der Waals surface area contributed by atoms with Gasteiger partial charge in [0.05, 0.1) is 0 Å². The number of nitrogens with one attached hydrogen (secondary N) is 1. The SMILES string of the molecule is CCC(C)N(C)CCNCc1cc(F)ccc1Br. The molecular formula is C14H22BrFN2. The summed E-state index contributed by atoms with van der Waals surface area (Å²) in [7, 11) is 2.13. The van der Waals surface area contributed by atoms with Gasteiger partial charge >= 0.3 is 0 Å². The molecule has 0 aromatic heterocycles. The van der Waals surface area contributed by atoms with E-state index in [2.05, 4.69) is 47.0 Å². The highest BCUT2D eigenvalue weighted by atomic mass is 79.9. The normalized spacial score (nSPS) is 13.0. The molecule has 0 radical (unpaired) electrons. The van der Waals surface area contributed by atoms with Gasteiger partial charge in [-0.25, -0.2) is 4.39 Å². The predicted molar refractivity (Wildman–Crippen MR) is 78.2 cm³/mol. The third-order valence-corrected chi connectivity index (χ3v) is 4.08. The van der Waals surface area contributed by atoms with Crippen LogP contribution in [0.25, 0.3) is 0 Å². The lowest BCUT2D eigenvalue weighted by Crippen LogP contribution is -2.34. The summed E-state index contributed by atoms with van der Waals surface area (Å²) >= 11 is 3.43. The van der Waals surface area contributed by atoms with Crippen molar-refractivity contribution in [3.05, 3.63) is 34.1 Å². The molecule has 1 rings (SSSR count). The third kappa shape index (κ3) is 5.04. The van der Waals surface area contributed by atoms with E-state index in [1.54, 1.807) is 12.1 Å². The van der Waals surface area contributed by atoms with Crippen LogP contribution in [0.1, 0.15) is 25.8 Å². The zero-order valence-electron chi connectivity index (χ0n) is 11.3. The highest BCUT2D eigenvalue weighted by Gasteiger charge is 2.06. The van der Waals surface area contributed by atoms with Gasteiger partial charge in [-0.05, 0) is 44.2 Å². The molecule has 102 valence electrons. The Morgan fingerprint density at radius 1 is 1.44 bits per heavy atom. The predicted octanol–water partition coefficient (Wildman–Crippen LogP) is 3.41. The number of nitrogens with zero attached hydrogens (tertiary/aromatic N) is 1. The molecular weight excluding hydrogens is 295 g/mol. The summed E-state index contributed by atoms with van der Waals surface area (Å²) < 4.78 is 14.0. The van der Waals surface area contributed by atoms with Gasteiger partial charge < -0.3 is 10.2 Å². The van der Waals surface area contributed by atoms with E-state index >= 15 is 0 Å². The van der Waals surface area contributed by atoms with Crippen LogP contribution in [-0.4, -0.2) is 31.1 Å². The van der Waals surface area contributed by atoms with Gasteiger partial charge in [-0.2, -0.15) is 0 Å². The minimum absolute atomic E-state index is 0.188. The molecule has 0 bridgehead atoms. The van der Waals surface area contributed by atoms with E-state index in [-0.39, 0.29) is 5.82 Å². The van der Waals surface area contributed by atoms with Crippen molar-refractivity contribution < 1.29 is 4.39 Å². The lowest BCUT2D eigenvalue weighted by Gasteiger charge is -2.23. The minimum atomic E-state index is -0.188. The maximum absolute atomic E-state index is 13.1. The molecule has 2 nitrogen and oxygen atoms in total. The van der Waals surface area contributed by atoms with Gasteiger partial charge in [0, 0.05) is 30.1 Å². The topological polar surface area (TPSA) is 15.3 Å². The quantitative estimate of drug-likeness (QED) is 0.775.